The molecule has 1 amide bonds. The van der Waals surface area contributed by atoms with Gasteiger partial charge in [0.1, 0.15) is 5.76 Å². The molecule has 3 nitrogen and oxygen atoms in total. The predicted octanol–water partition coefficient (Wildman–Crippen LogP) is 3.50. The van der Waals surface area contributed by atoms with Crippen molar-refractivity contribution < 1.29 is 9.21 Å². The van der Waals surface area contributed by atoms with Crippen LogP contribution in [0.1, 0.15) is 41.7 Å². The zero-order valence-electron chi connectivity index (χ0n) is 12.9. The first-order chi connectivity index (χ1) is 10.7. The number of benzene rings is 1. The third-order valence-electron chi connectivity index (χ3n) is 5.43. The van der Waals surface area contributed by atoms with Crippen molar-refractivity contribution in [1.82, 2.24) is 5.32 Å². The van der Waals surface area contributed by atoms with E-state index < -0.39 is 0 Å². The molecule has 1 saturated carbocycles. The fourth-order valence-corrected chi connectivity index (χ4v) is 4.08. The first-order valence-electron chi connectivity index (χ1n) is 8.10. The molecule has 2 aliphatic carbocycles. The molecule has 0 aliphatic heterocycles. The third-order valence-corrected chi connectivity index (χ3v) is 5.43. The van der Waals surface area contributed by atoms with Gasteiger partial charge >= 0.3 is 0 Å². The maximum Gasteiger partial charge on any atom is 0.224 e. The van der Waals surface area contributed by atoms with Gasteiger partial charge in [0.2, 0.25) is 5.91 Å². The zero-order chi connectivity index (χ0) is 15.2. The van der Waals surface area contributed by atoms with E-state index in [9.17, 15) is 4.79 Å². The molecule has 114 valence electrons. The van der Waals surface area contributed by atoms with Crippen molar-refractivity contribution in [3.05, 3.63) is 59.0 Å². The Hall–Kier alpha value is -2.03. The van der Waals surface area contributed by atoms with E-state index in [4.69, 9.17) is 4.42 Å². The molecule has 0 radical (unpaired) electrons. The van der Waals surface area contributed by atoms with Gasteiger partial charge in [0, 0.05) is 23.4 Å². The Balaban J connectivity index is 1.48. The van der Waals surface area contributed by atoms with Gasteiger partial charge < -0.3 is 9.73 Å². The maximum absolute atomic E-state index is 12.6. The van der Waals surface area contributed by atoms with Gasteiger partial charge in [-0.2, -0.15) is 0 Å². The van der Waals surface area contributed by atoms with E-state index in [-0.39, 0.29) is 17.2 Å². The van der Waals surface area contributed by atoms with Crippen LogP contribution in [0.25, 0.3) is 0 Å². The van der Waals surface area contributed by atoms with E-state index >= 15 is 0 Å². The normalized spacial score (nSPS) is 25.8. The maximum atomic E-state index is 12.6. The van der Waals surface area contributed by atoms with Crippen molar-refractivity contribution in [2.75, 3.05) is 0 Å². The van der Waals surface area contributed by atoms with Crippen LogP contribution in [0.5, 0.6) is 0 Å². The summed E-state index contributed by atoms with van der Waals surface area (Å²) in [5.74, 6) is 1.22. The molecule has 1 aromatic heterocycles. The summed E-state index contributed by atoms with van der Waals surface area (Å²) in [6, 6.07) is 10.6. The molecular formula is C19H21NO2. The van der Waals surface area contributed by atoms with E-state index in [1.165, 1.54) is 17.5 Å². The van der Waals surface area contributed by atoms with Gasteiger partial charge in [0.25, 0.3) is 0 Å². The monoisotopic (exact) mass is 295 g/mol. The Kier molecular flexibility index (Phi) is 3.10. The predicted molar refractivity (Wildman–Crippen MR) is 84.5 cm³/mol. The minimum Gasteiger partial charge on any atom is -0.469 e. The van der Waals surface area contributed by atoms with E-state index in [1.54, 1.807) is 6.26 Å². The van der Waals surface area contributed by atoms with E-state index in [1.807, 2.05) is 13.0 Å². The summed E-state index contributed by atoms with van der Waals surface area (Å²) in [5.41, 5.74) is 4.03. The van der Waals surface area contributed by atoms with E-state index in [0.717, 1.165) is 30.6 Å². The standard InChI is InChI=1S/C19H21NO2/c1-13-15(8-10-22-13)12-20-18(21)17-11-19(17)9-4-6-14-5-2-3-7-16(14)19/h2-3,5,7-8,10,17H,4,6,9,11-12H2,1H3,(H,20,21)/t17-,19-/m0/s1. The van der Waals surface area contributed by atoms with Gasteiger partial charge in [0.15, 0.2) is 0 Å². The summed E-state index contributed by atoms with van der Waals surface area (Å²) in [4.78, 5) is 12.6. The van der Waals surface area contributed by atoms with Crippen molar-refractivity contribution >= 4 is 5.91 Å². The Morgan fingerprint density at radius 1 is 1.36 bits per heavy atom. The number of amides is 1. The van der Waals surface area contributed by atoms with Crippen LogP contribution in [0.3, 0.4) is 0 Å². The number of hydrogen-bond acceptors (Lipinski definition) is 2. The van der Waals surface area contributed by atoms with Crippen molar-refractivity contribution in [2.24, 2.45) is 5.92 Å². The Morgan fingerprint density at radius 2 is 2.23 bits per heavy atom. The fraction of sp³-hybridized carbons (Fsp3) is 0.421. The van der Waals surface area contributed by atoms with Crippen LogP contribution in [0.4, 0.5) is 0 Å². The molecule has 1 heterocycles. The highest BCUT2D eigenvalue weighted by Crippen LogP contribution is 2.60. The van der Waals surface area contributed by atoms with Crippen LogP contribution < -0.4 is 5.32 Å². The molecule has 4 rings (SSSR count). The molecule has 22 heavy (non-hydrogen) atoms. The molecule has 0 unspecified atom stereocenters. The second-order valence-corrected chi connectivity index (χ2v) is 6.64. The second-order valence-electron chi connectivity index (χ2n) is 6.64. The second kappa shape index (κ2) is 5.01. The molecule has 2 aromatic rings. The molecule has 3 heteroatoms. The van der Waals surface area contributed by atoms with Crippen LogP contribution in [-0.4, -0.2) is 5.91 Å². The van der Waals surface area contributed by atoms with Gasteiger partial charge in [-0.15, -0.1) is 0 Å². The number of fused-ring (bicyclic) bond motifs is 2. The SMILES string of the molecule is Cc1occc1CNC(=O)[C@@H]1C[C@]12CCCc1ccccc12. The average Bonchev–Trinajstić information content (AvgIpc) is 3.10. The molecule has 1 fully saturated rings. The van der Waals surface area contributed by atoms with Gasteiger partial charge in [-0.05, 0) is 49.8 Å². The molecule has 0 bridgehead atoms. The van der Waals surface area contributed by atoms with Crippen LogP contribution >= 0.6 is 0 Å². The van der Waals surface area contributed by atoms with Gasteiger partial charge in [0.05, 0.1) is 6.26 Å². The third kappa shape index (κ3) is 2.07. The van der Waals surface area contributed by atoms with Crippen LogP contribution in [0, 0.1) is 12.8 Å². The number of carbonyl (C=O) groups excluding carboxylic acids is 1. The fourth-order valence-electron chi connectivity index (χ4n) is 4.08. The first kappa shape index (κ1) is 13.6. The number of aryl methyl sites for hydroxylation is 2. The first-order valence-corrected chi connectivity index (χ1v) is 8.10. The topological polar surface area (TPSA) is 42.2 Å². The quantitative estimate of drug-likeness (QED) is 0.941. The lowest BCUT2D eigenvalue weighted by atomic mass is 9.78. The minimum atomic E-state index is 0.115. The smallest absolute Gasteiger partial charge is 0.224 e. The van der Waals surface area contributed by atoms with Gasteiger partial charge in [-0.25, -0.2) is 0 Å². The molecule has 1 spiro atoms. The van der Waals surface area contributed by atoms with Crippen molar-refractivity contribution in [3.63, 3.8) is 0 Å². The van der Waals surface area contributed by atoms with Crippen molar-refractivity contribution in [2.45, 2.75) is 44.6 Å². The summed E-state index contributed by atoms with van der Waals surface area (Å²) in [6.45, 7) is 2.49. The molecule has 2 atom stereocenters. The summed E-state index contributed by atoms with van der Waals surface area (Å²) in [6.07, 6.45) is 6.17. The highest BCUT2D eigenvalue weighted by molar-refractivity contribution is 5.84. The Bertz CT molecular complexity index is 718. The minimum absolute atomic E-state index is 0.115. The van der Waals surface area contributed by atoms with E-state index in [2.05, 4.69) is 29.6 Å². The van der Waals surface area contributed by atoms with Crippen molar-refractivity contribution in [1.29, 1.82) is 0 Å². The number of nitrogens with one attached hydrogen (secondary N) is 1. The largest absolute Gasteiger partial charge is 0.469 e. The Labute approximate surface area is 130 Å². The molecule has 1 N–H and O–H groups in total. The Morgan fingerprint density at radius 3 is 3.05 bits per heavy atom. The lowest BCUT2D eigenvalue weighted by molar-refractivity contribution is -0.123. The number of carbonyl (C=O) groups is 1. The highest BCUT2D eigenvalue weighted by Gasteiger charge is 2.59. The number of rotatable bonds is 3. The van der Waals surface area contributed by atoms with Gasteiger partial charge in [-0.1, -0.05) is 24.3 Å². The van der Waals surface area contributed by atoms with Gasteiger partial charge in [-0.3, -0.25) is 4.79 Å². The highest BCUT2D eigenvalue weighted by atomic mass is 16.3. The summed E-state index contributed by atoms with van der Waals surface area (Å²) < 4.78 is 5.28. The van der Waals surface area contributed by atoms with Crippen LogP contribution in [0.2, 0.25) is 0 Å². The molecule has 0 saturated heterocycles. The van der Waals surface area contributed by atoms with Crippen LogP contribution in [0.15, 0.2) is 41.0 Å². The molecular weight excluding hydrogens is 274 g/mol. The summed E-state index contributed by atoms with van der Waals surface area (Å²) >= 11 is 0. The van der Waals surface area contributed by atoms with E-state index in [0.29, 0.717) is 6.54 Å². The lowest BCUT2D eigenvalue weighted by Crippen LogP contribution is -2.29. The molecule has 1 aromatic carbocycles. The zero-order valence-corrected chi connectivity index (χ0v) is 12.9. The lowest BCUT2D eigenvalue weighted by Gasteiger charge is -2.26. The summed E-state index contributed by atoms with van der Waals surface area (Å²) in [7, 11) is 0. The number of hydrogen-bond donors (Lipinski definition) is 1. The van der Waals surface area contributed by atoms with Crippen LogP contribution in [-0.2, 0) is 23.2 Å². The van der Waals surface area contributed by atoms with Crippen molar-refractivity contribution in [3.8, 4) is 0 Å². The summed E-state index contributed by atoms with van der Waals surface area (Å²) in [5, 5.41) is 3.09. The average molecular weight is 295 g/mol. The molecule has 2 aliphatic rings. The number of furan rings is 1.